The van der Waals surface area contributed by atoms with Gasteiger partial charge in [-0.1, -0.05) is 6.07 Å². The lowest BCUT2D eigenvalue weighted by molar-refractivity contribution is 0.592. The zero-order valence-corrected chi connectivity index (χ0v) is 12.2. The lowest BCUT2D eigenvalue weighted by atomic mass is 10.3. The van der Waals surface area contributed by atoms with Gasteiger partial charge in [-0.15, -0.1) is 11.3 Å². The fourth-order valence-electron chi connectivity index (χ4n) is 1.37. The van der Waals surface area contributed by atoms with E-state index in [2.05, 4.69) is 0 Å². The molecular formula is C10H9FN2O4S3. The van der Waals surface area contributed by atoms with Gasteiger partial charge in [0.05, 0.1) is 10.6 Å². The maximum absolute atomic E-state index is 13.7. The SMILES string of the molecule is NS(=O)(=O)c1ccc(NS(=O)(=O)c2cccs2)c(F)c1. The van der Waals surface area contributed by atoms with Gasteiger partial charge in [-0.05, 0) is 29.6 Å². The number of hydrogen-bond donors (Lipinski definition) is 2. The summed E-state index contributed by atoms with van der Waals surface area (Å²) in [6.07, 6.45) is 0. The molecule has 0 unspecified atom stereocenters. The van der Waals surface area contributed by atoms with Crippen LogP contribution in [0.5, 0.6) is 0 Å². The van der Waals surface area contributed by atoms with Gasteiger partial charge in [0.2, 0.25) is 10.0 Å². The molecule has 108 valence electrons. The first-order chi connectivity index (χ1) is 9.20. The van der Waals surface area contributed by atoms with Crippen LogP contribution in [0.2, 0.25) is 0 Å². The van der Waals surface area contributed by atoms with E-state index in [1.165, 1.54) is 6.07 Å². The molecule has 0 amide bonds. The number of sulfonamides is 2. The topological polar surface area (TPSA) is 106 Å². The van der Waals surface area contributed by atoms with Gasteiger partial charge in [-0.2, -0.15) is 0 Å². The van der Waals surface area contributed by atoms with Crippen molar-refractivity contribution >= 4 is 37.1 Å². The third kappa shape index (κ3) is 3.15. The molecule has 0 fully saturated rings. The number of nitrogens with two attached hydrogens (primary N) is 1. The highest BCUT2D eigenvalue weighted by molar-refractivity contribution is 7.94. The fraction of sp³-hybridized carbons (Fsp3) is 0. The van der Waals surface area contributed by atoms with Gasteiger partial charge in [0.15, 0.2) is 0 Å². The molecule has 0 aliphatic carbocycles. The van der Waals surface area contributed by atoms with Crippen LogP contribution in [0, 0.1) is 5.82 Å². The second-order valence-electron chi connectivity index (χ2n) is 3.72. The summed E-state index contributed by atoms with van der Waals surface area (Å²) in [7, 11) is -7.94. The van der Waals surface area contributed by atoms with E-state index in [-0.39, 0.29) is 9.90 Å². The summed E-state index contributed by atoms with van der Waals surface area (Å²) in [4.78, 5) is -0.436. The number of nitrogens with one attached hydrogen (secondary N) is 1. The summed E-state index contributed by atoms with van der Waals surface area (Å²) in [5, 5.41) is 6.41. The fourth-order valence-corrected chi connectivity index (χ4v) is 3.95. The molecule has 0 saturated carbocycles. The predicted octanol–water partition coefficient (Wildman–Crippen LogP) is 1.34. The zero-order chi connectivity index (χ0) is 15.0. The van der Waals surface area contributed by atoms with Crippen molar-refractivity contribution < 1.29 is 21.2 Å². The number of benzene rings is 1. The molecular weight excluding hydrogens is 327 g/mol. The Labute approximate surface area is 119 Å². The Balaban J connectivity index is 2.37. The smallest absolute Gasteiger partial charge is 0.271 e. The van der Waals surface area contributed by atoms with E-state index in [1.54, 1.807) is 11.4 Å². The summed E-state index contributed by atoms with van der Waals surface area (Å²) in [5.41, 5.74) is -0.356. The molecule has 2 rings (SSSR count). The molecule has 0 radical (unpaired) electrons. The van der Waals surface area contributed by atoms with Crippen LogP contribution in [0.1, 0.15) is 0 Å². The van der Waals surface area contributed by atoms with E-state index in [1.807, 2.05) is 4.72 Å². The Hall–Kier alpha value is -1.49. The van der Waals surface area contributed by atoms with Gasteiger partial charge in [0.25, 0.3) is 10.0 Å². The van der Waals surface area contributed by atoms with Crippen LogP contribution in [0.15, 0.2) is 44.8 Å². The van der Waals surface area contributed by atoms with Crippen LogP contribution in [0.25, 0.3) is 0 Å². The monoisotopic (exact) mass is 336 g/mol. The van der Waals surface area contributed by atoms with E-state index in [9.17, 15) is 21.2 Å². The Morgan fingerprint density at radius 1 is 1.15 bits per heavy atom. The van der Waals surface area contributed by atoms with Gasteiger partial charge in [0.1, 0.15) is 10.0 Å². The highest BCUT2D eigenvalue weighted by Crippen LogP contribution is 2.23. The molecule has 2 aromatic rings. The molecule has 1 heterocycles. The number of rotatable bonds is 4. The first kappa shape index (κ1) is 14.9. The summed E-state index contributed by atoms with van der Waals surface area (Å²) >= 11 is 0.974. The van der Waals surface area contributed by atoms with Crippen molar-refractivity contribution in [3.05, 3.63) is 41.5 Å². The molecule has 6 nitrogen and oxygen atoms in total. The van der Waals surface area contributed by atoms with E-state index in [4.69, 9.17) is 5.14 Å². The minimum Gasteiger partial charge on any atom is -0.276 e. The van der Waals surface area contributed by atoms with Crippen molar-refractivity contribution in [1.82, 2.24) is 0 Å². The second kappa shape index (κ2) is 5.13. The molecule has 20 heavy (non-hydrogen) atoms. The van der Waals surface area contributed by atoms with Gasteiger partial charge >= 0.3 is 0 Å². The van der Waals surface area contributed by atoms with E-state index < -0.39 is 30.8 Å². The number of halogens is 1. The average Bonchev–Trinajstić information content (AvgIpc) is 2.84. The Morgan fingerprint density at radius 2 is 1.85 bits per heavy atom. The highest BCUT2D eigenvalue weighted by Gasteiger charge is 2.18. The standard InChI is InChI=1S/C10H9FN2O4S3/c11-8-6-7(19(12,14)15)3-4-9(8)13-20(16,17)10-2-1-5-18-10/h1-6,13H,(H2,12,14,15). The molecule has 3 N–H and O–H groups in total. The molecule has 10 heteroatoms. The maximum Gasteiger partial charge on any atom is 0.271 e. The number of thiophene rings is 1. The van der Waals surface area contributed by atoms with Gasteiger partial charge in [0, 0.05) is 0 Å². The van der Waals surface area contributed by atoms with Crippen molar-refractivity contribution in [1.29, 1.82) is 0 Å². The average molecular weight is 336 g/mol. The van der Waals surface area contributed by atoms with Gasteiger partial charge in [-0.25, -0.2) is 26.4 Å². The largest absolute Gasteiger partial charge is 0.276 e. The van der Waals surface area contributed by atoms with Crippen LogP contribution in [0.3, 0.4) is 0 Å². The third-order valence-electron chi connectivity index (χ3n) is 2.27. The summed E-state index contributed by atoms with van der Waals surface area (Å²) in [6.45, 7) is 0. The van der Waals surface area contributed by atoms with Crippen LogP contribution >= 0.6 is 11.3 Å². The minimum atomic E-state index is -4.04. The van der Waals surface area contributed by atoms with Crippen molar-refractivity contribution in [3.8, 4) is 0 Å². The van der Waals surface area contributed by atoms with Crippen LogP contribution in [-0.2, 0) is 20.0 Å². The molecule has 0 aliphatic rings. The third-order valence-corrected chi connectivity index (χ3v) is 5.95. The van der Waals surface area contributed by atoms with Crippen molar-refractivity contribution in [2.24, 2.45) is 5.14 Å². The molecule has 0 bridgehead atoms. The van der Waals surface area contributed by atoms with Gasteiger partial charge < -0.3 is 0 Å². The van der Waals surface area contributed by atoms with E-state index in [0.717, 1.165) is 23.5 Å². The lowest BCUT2D eigenvalue weighted by Crippen LogP contribution is -2.15. The van der Waals surface area contributed by atoms with Crippen LogP contribution in [0.4, 0.5) is 10.1 Å². The normalized spacial score (nSPS) is 12.3. The Morgan fingerprint density at radius 3 is 2.35 bits per heavy atom. The molecule has 0 aliphatic heterocycles. The molecule has 0 saturated heterocycles. The van der Waals surface area contributed by atoms with Crippen LogP contribution < -0.4 is 9.86 Å². The molecule has 1 aromatic carbocycles. The Bertz CT molecular complexity index is 829. The summed E-state index contributed by atoms with van der Waals surface area (Å²) in [6, 6.07) is 5.58. The predicted molar refractivity (Wildman–Crippen MR) is 72.9 cm³/mol. The Kier molecular flexibility index (Phi) is 3.82. The highest BCUT2D eigenvalue weighted by atomic mass is 32.2. The number of hydrogen-bond acceptors (Lipinski definition) is 5. The maximum atomic E-state index is 13.7. The lowest BCUT2D eigenvalue weighted by Gasteiger charge is -2.08. The molecule has 0 atom stereocenters. The summed E-state index contributed by atoms with van der Waals surface area (Å²) in [5.74, 6) is -1.03. The zero-order valence-electron chi connectivity index (χ0n) is 9.78. The molecule has 0 spiro atoms. The number of anilines is 1. The quantitative estimate of drug-likeness (QED) is 0.878. The minimum absolute atomic E-state index is 0.0208. The van der Waals surface area contributed by atoms with Crippen molar-refractivity contribution in [2.75, 3.05) is 4.72 Å². The first-order valence-electron chi connectivity index (χ1n) is 5.09. The first-order valence-corrected chi connectivity index (χ1v) is 9.00. The number of primary sulfonamides is 1. The van der Waals surface area contributed by atoms with Crippen LogP contribution in [-0.4, -0.2) is 16.8 Å². The second-order valence-corrected chi connectivity index (χ2v) is 8.14. The summed E-state index contributed by atoms with van der Waals surface area (Å²) < 4.78 is 61.6. The van der Waals surface area contributed by atoms with Crippen molar-refractivity contribution in [3.63, 3.8) is 0 Å². The molecule has 1 aromatic heterocycles. The van der Waals surface area contributed by atoms with E-state index in [0.29, 0.717) is 6.07 Å². The van der Waals surface area contributed by atoms with Gasteiger partial charge in [-0.3, -0.25) is 4.72 Å². The van der Waals surface area contributed by atoms with Crippen molar-refractivity contribution in [2.45, 2.75) is 9.10 Å². The van der Waals surface area contributed by atoms with E-state index >= 15 is 0 Å².